The van der Waals surface area contributed by atoms with Gasteiger partial charge in [-0.25, -0.2) is 4.98 Å². The molecule has 6 nitrogen and oxygen atoms in total. The first-order chi connectivity index (χ1) is 8.60. The van der Waals surface area contributed by atoms with E-state index in [0.29, 0.717) is 6.54 Å². The third kappa shape index (κ3) is 2.85. The minimum atomic E-state index is -0.595. The molecule has 0 saturated heterocycles. The van der Waals surface area contributed by atoms with Gasteiger partial charge in [-0.1, -0.05) is 18.5 Å². The van der Waals surface area contributed by atoms with Crippen LogP contribution in [0, 0.1) is 10.1 Å². The van der Waals surface area contributed by atoms with Crippen molar-refractivity contribution in [2.24, 2.45) is 0 Å². The molecule has 2 rings (SSSR count). The first-order valence-electron chi connectivity index (χ1n) is 5.40. The van der Waals surface area contributed by atoms with Crippen LogP contribution in [0.3, 0.4) is 0 Å². The Balaban J connectivity index is 2.13. The maximum atomic E-state index is 10.6. The fourth-order valence-electron chi connectivity index (χ4n) is 1.51. The van der Waals surface area contributed by atoms with Crippen molar-refractivity contribution in [2.45, 2.75) is 26.3 Å². The van der Waals surface area contributed by atoms with Gasteiger partial charge in [0, 0.05) is 5.38 Å². The molecule has 0 aliphatic rings. The minimum Gasteiger partial charge on any atom is -0.358 e. The molecule has 2 heterocycles. The lowest BCUT2D eigenvalue weighted by atomic mass is 10.3. The molecule has 0 bridgehead atoms. The minimum absolute atomic E-state index is 0.0454. The van der Waals surface area contributed by atoms with Gasteiger partial charge < -0.3 is 10.1 Å². The summed E-state index contributed by atoms with van der Waals surface area (Å²) in [5.74, 6) is -0.319. The third-order valence-electron chi connectivity index (χ3n) is 2.26. The van der Waals surface area contributed by atoms with E-state index in [2.05, 4.69) is 17.0 Å². The van der Waals surface area contributed by atoms with E-state index in [1.54, 1.807) is 11.3 Å². The summed E-state index contributed by atoms with van der Waals surface area (Å²) in [5.41, 5.74) is 0.845. The number of hydrogen-bond donors (Lipinski definition) is 0. The van der Waals surface area contributed by atoms with E-state index in [0.717, 1.165) is 23.5 Å². The van der Waals surface area contributed by atoms with Crippen molar-refractivity contribution in [1.29, 1.82) is 0 Å². The van der Waals surface area contributed by atoms with Crippen LogP contribution >= 0.6 is 22.9 Å². The Morgan fingerprint density at radius 1 is 1.61 bits per heavy atom. The summed E-state index contributed by atoms with van der Waals surface area (Å²) < 4.78 is 1.44. The first-order valence-corrected chi connectivity index (χ1v) is 6.66. The molecule has 0 saturated carbocycles. The fourth-order valence-corrected chi connectivity index (χ4v) is 2.62. The number of hydrogen-bond acceptors (Lipinski definition) is 5. The smallest absolute Gasteiger partial charge is 0.358 e. The molecule has 0 spiro atoms. The normalized spacial score (nSPS) is 10.8. The second-order valence-corrected chi connectivity index (χ2v) is 5.09. The zero-order chi connectivity index (χ0) is 13.1. The van der Waals surface area contributed by atoms with Crippen LogP contribution in [0.2, 0.25) is 5.02 Å². The molecule has 0 unspecified atom stereocenters. The van der Waals surface area contributed by atoms with E-state index in [1.807, 2.05) is 5.38 Å². The number of nitrogens with zero attached hydrogens (tertiary/aromatic N) is 4. The van der Waals surface area contributed by atoms with Crippen LogP contribution in [0.4, 0.5) is 5.82 Å². The summed E-state index contributed by atoms with van der Waals surface area (Å²) in [7, 11) is 0. The van der Waals surface area contributed by atoms with Gasteiger partial charge >= 0.3 is 5.82 Å². The Hall–Kier alpha value is -1.47. The second kappa shape index (κ2) is 5.45. The topological polar surface area (TPSA) is 73.8 Å². The van der Waals surface area contributed by atoms with Gasteiger partial charge in [-0.15, -0.1) is 11.3 Å². The molecule has 0 amide bonds. The van der Waals surface area contributed by atoms with Gasteiger partial charge in [0.2, 0.25) is 0 Å². The molecule has 18 heavy (non-hydrogen) atoms. The lowest BCUT2D eigenvalue weighted by Crippen LogP contribution is -2.01. The molecule has 0 aliphatic carbocycles. The molecular formula is C10H11ClN4O2S. The molecule has 0 atom stereocenters. The molecule has 0 aromatic carbocycles. The summed E-state index contributed by atoms with van der Waals surface area (Å²) in [6, 6.07) is 0. The van der Waals surface area contributed by atoms with Crippen LogP contribution in [-0.2, 0) is 13.0 Å². The highest BCUT2D eigenvalue weighted by atomic mass is 35.5. The maximum Gasteiger partial charge on any atom is 0.408 e. The van der Waals surface area contributed by atoms with Crippen LogP contribution in [0.25, 0.3) is 0 Å². The molecule has 8 heteroatoms. The largest absolute Gasteiger partial charge is 0.408 e. The molecule has 0 N–H and O–H groups in total. The van der Waals surface area contributed by atoms with Crippen molar-refractivity contribution in [3.63, 3.8) is 0 Å². The van der Waals surface area contributed by atoms with Crippen LogP contribution in [0.1, 0.15) is 24.0 Å². The number of nitro groups is 1. The predicted octanol–water partition coefficient (Wildman–Crippen LogP) is 2.90. The highest BCUT2D eigenvalue weighted by Crippen LogP contribution is 2.22. The fraction of sp³-hybridized carbons (Fsp3) is 0.400. The van der Waals surface area contributed by atoms with Crippen LogP contribution in [0.15, 0.2) is 11.6 Å². The SMILES string of the molecule is CCCc1nc(Cn2cc(Cl)c([N+](=O)[O-])n2)cs1. The van der Waals surface area contributed by atoms with Gasteiger partial charge in [0.25, 0.3) is 0 Å². The van der Waals surface area contributed by atoms with E-state index in [4.69, 9.17) is 11.6 Å². The lowest BCUT2D eigenvalue weighted by Gasteiger charge is -1.92. The van der Waals surface area contributed by atoms with E-state index in [9.17, 15) is 10.1 Å². The van der Waals surface area contributed by atoms with Crippen molar-refractivity contribution in [3.05, 3.63) is 37.4 Å². The number of aryl methyl sites for hydroxylation is 1. The Bertz CT molecular complexity index is 566. The highest BCUT2D eigenvalue weighted by molar-refractivity contribution is 7.09. The van der Waals surface area contributed by atoms with Gasteiger partial charge in [0.15, 0.2) is 5.02 Å². The van der Waals surface area contributed by atoms with Crippen molar-refractivity contribution in [1.82, 2.24) is 14.8 Å². The Kier molecular flexibility index (Phi) is 3.93. The number of thiazole rings is 1. The molecule has 2 aromatic heterocycles. The van der Waals surface area contributed by atoms with Crippen LogP contribution < -0.4 is 0 Å². The van der Waals surface area contributed by atoms with Crippen molar-refractivity contribution < 1.29 is 4.92 Å². The molecule has 0 radical (unpaired) electrons. The zero-order valence-electron chi connectivity index (χ0n) is 9.67. The molecule has 0 aliphatic heterocycles. The molecule has 96 valence electrons. The molecule has 2 aromatic rings. The summed E-state index contributed by atoms with van der Waals surface area (Å²) in [6.07, 6.45) is 3.44. The molecular weight excluding hydrogens is 276 g/mol. The highest BCUT2D eigenvalue weighted by Gasteiger charge is 2.19. The van der Waals surface area contributed by atoms with Crippen LogP contribution in [0.5, 0.6) is 0 Å². The average Bonchev–Trinajstić information content (AvgIpc) is 2.87. The summed E-state index contributed by atoms with van der Waals surface area (Å²) in [5, 5.41) is 17.5. The average molecular weight is 287 g/mol. The lowest BCUT2D eigenvalue weighted by molar-refractivity contribution is -0.389. The zero-order valence-corrected chi connectivity index (χ0v) is 11.2. The quantitative estimate of drug-likeness (QED) is 0.626. The summed E-state index contributed by atoms with van der Waals surface area (Å²) in [4.78, 5) is 14.4. The molecule has 0 fully saturated rings. The van der Waals surface area contributed by atoms with Gasteiger partial charge in [-0.2, -0.15) is 4.68 Å². The number of halogens is 1. The van der Waals surface area contributed by atoms with Crippen molar-refractivity contribution in [3.8, 4) is 0 Å². The van der Waals surface area contributed by atoms with E-state index in [-0.39, 0.29) is 10.8 Å². The number of rotatable bonds is 5. The van der Waals surface area contributed by atoms with E-state index >= 15 is 0 Å². The standard InChI is InChI=1S/C10H11ClN4O2S/c1-2-3-9-12-7(6-18-9)4-14-5-8(11)10(13-14)15(16)17/h5-6H,2-4H2,1H3. The third-order valence-corrected chi connectivity index (χ3v) is 3.48. The number of aromatic nitrogens is 3. The second-order valence-electron chi connectivity index (χ2n) is 3.74. The Morgan fingerprint density at radius 2 is 2.39 bits per heavy atom. The summed E-state index contributed by atoms with van der Waals surface area (Å²) in [6.45, 7) is 2.49. The van der Waals surface area contributed by atoms with Crippen LogP contribution in [-0.4, -0.2) is 19.7 Å². The Labute approximate surface area is 112 Å². The summed E-state index contributed by atoms with van der Waals surface area (Å²) >= 11 is 7.31. The van der Waals surface area contributed by atoms with Gasteiger partial charge in [0.1, 0.15) is 6.54 Å². The van der Waals surface area contributed by atoms with Crippen molar-refractivity contribution in [2.75, 3.05) is 0 Å². The van der Waals surface area contributed by atoms with Gasteiger partial charge in [-0.05, 0) is 17.8 Å². The van der Waals surface area contributed by atoms with Crippen molar-refractivity contribution >= 4 is 28.8 Å². The first kappa shape index (κ1) is 13.0. The van der Waals surface area contributed by atoms with E-state index < -0.39 is 4.92 Å². The predicted molar refractivity (Wildman–Crippen MR) is 69.1 cm³/mol. The van der Waals surface area contributed by atoms with Gasteiger partial charge in [0.05, 0.1) is 22.0 Å². The Morgan fingerprint density at radius 3 is 3.00 bits per heavy atom. The van der Waals surface area contributed by atoms with E-state index in [1.165, 1.54) is 10.9 Å². The maximum absolute atomic E-state index is 10.6. The monoisotopic (exact) mass is 286 g/mol. The van der Waals surface area contributed by atoms with Gasteiger partial charge in [-0.3, -0.25) is 0 Å².